The number of aliphatic hydroxyl groups is 3. The lowest BCUT2D eigenvalue weighted by atomic mass is 9.43. The predicted molar refractivity (Wildman–Crippen MR) is 127 cm³/mol. The summed E-state index contributed by atoms with van der Waals surface area (Å²) in [5.41, 5.74) is 4.43. The second kappa shape index (κ2) is 10.4. The Balaban J connectivity index is 0.000000588. The van der Waals surface area contributed by atoms with Gasteiger partial charge in [-0.3, -0.25) is 9.59 Å². The van der Waals surface area contributed by atoms with E-state index in [1.807, 2.05) is 0 Å². The van der Waals surface area contributed by atoms with Crippen molar-refractivity contribution in [2.45, 2.75) is 96.9 Å². The third-order valence-electron chi connectivity index (χ3n) is 10.5. The predicted octanol–water partition coefficient (Wildman–Crippen LogP) is 2.48. The maximum atomic E-state index is 11.5. The molecule has 4 fully saturated rings. The number of hydrogen-bond donors (Lipinski definition) is 6. The lowest BCUT2D eigenvalue weighted by Crippen LogP contribution is -2.62. The molecule has 0 spiro atoms. The Morgan fingerprint density at radius 1 is 0.971 bits per heavy atom. The van der Waals surface area contributed by atoms with Gasteiger partial charge >= 0.3 is 11.9 Å². The third kappa shape index (κ3) is 4.88. The van der Waals surface area contributed by atoms with Gasteiger partial charge < -0.3 is 31.3 Å². The van der Waals surface area contributed by atoms with E-state index in [2.05, 4.69) is 26.5 Å². The minimum atomic E-state index is -0.968. The van der Waals surface area contributed by atoms with Crippen LogP contribution in [0.5, 0.6) is 0 Å². The topological polar surface area (TPSA) is 161 Å². The van der Waals surface area contributed by atoms with Crippen LogP contribution in [0.4, 0.5) is 0 Å². The SMILES string of the molecule is C[C@H](CCC(=O)O)[C@H]1CCC2C3C(C[C@H](O)[C@@]21C)[C@@]1(C)CC[C@@H](O)C[C@H]1C[C@H]3O.NCC(=O)O. The molecule has 0 aromatic heterocycles. The van der Waals surface area contributed by atoms with Gasteiger partial charge in [0.05, 0.1) is 24.9 Å². The molecule has 4 saturated carbocycles. The molecule has 34 heavy (non-hydrogen) atoms. The van der Waals surface area contributed by atoms with Gasteiger partial charge in [0.15, 0.2) is 0 Å². The summed E-state index contributed by atoms with van der Waals surface area (Å²) < 4.78 is 0. The average molecular weight is 484 g/mol. The number of rotatable bonds is 5. The molecule has 0 amide bonds. The van der Waals surface area contributed by atoms with Crippen molar-refractivity contribution < 1.29 is 35.1 Å². The molecule has 3 unspecified atom stereocenters. The van der Waals surface area contributed by atoms with Gasteiger partial charge in [-0.2, -0.15) is 0 Å². The van der Waals surface area contributed by atoms with E-state index in [1.165, 1.54) is 0 Å². The summed E-state index contributed by atoms with van der Waals surface area (Å²) in [6, 6.07) is 0. The van der Waals surface area contributed by atoms with Crippen LogP contribution in [-0.2, 0) is 9.59 Å². The summed E-state index contributed by atoms with van der Waals surface area (Å²) >= 11 is 0. The molecule has 0 aromatic rings. The molecule has 196 valence electrons. The number of carboxylic acids is 2. The standard InChI is InChI=1S/C24H40O5.C2H5NO2/c1-13(4-7-21(28)29)16-5-6-17-22-18(12-20(27)24(16,17)3)23(2)9-8-15(25)10-14(23)11-19(22)26;3-1-2(4)5/h13-20,22,25-27H,4-12H2,1-3H3,(H,28,29);1,3H2,(H,4,5)/t13-,14+,15-,16-,17?,18?,19-,20+,22?,23+,24-;/m1./s1. The van der Waals surface area contributed by atoms with Gasteiger partial charge in [-0.15, -0.1) is 0 Å². The number of nitrogens with two attached hydrogens (primary N) is 1. The first kappa shape index (κ1) is 27.4. The molecule has 7 N–H and O–H groups in total. The van der Waals surface area contributed by atoms with E-state index >= 15 is 0 Å². The second-order valence-electron chi connectivity index (χ2n) is 12.0. The fraction of sp³-hybridized carbons (Fsp3) is 0.923. The molecule has 4 aliphatic carbocycles. The molecule has 0 heterocycles. The summed E-state index contributed by atoms with van der Waals surface area (Å²) in [6.45, 7) is 6.45. The van der Waals surface area contributed by atoms with Crippen molar-refractivity contribution in [2.75, 3.05) is 6.54 Å². The first-order valence-electron chi connectivity index (χ1n) is 13.0. The van der Waals surface area contributed by atoms with Crippen LogP contribution in [0.25, 0.3) is 0 Å². The molecule has 0 saturated heterocycles. The zero-order valence-corrected chi connectivity index (χ0v) is 20.9. The highest BCUT2D eigenvalue weighted by molar-refractivity contribution is 5.68. The molecular formula is C26H45NO7. The Labute approximate surface area is 202 Å². The van der Waals surface area contributed by atoms with Crippen LogP contribution in [0.3, 0.4) is 0 Å². The van der Waals surface area contributed by atoms with E-state index in [0.717, 1.165) is 44.9 Å². The fourth-order valence-electron chi connectivity index (χ4n) is 8.68. The Morgan fingerprint density at radius 2 is 1.62 bits per heavy atom. The van der Waals surface area contributed by atoms with E-state index in [9.17, 15) is 24.9 Å². The zero-order chi connectivity index (χ0) is 25.4. The number of hydrogen-bond acceptors (Lipinski definition) is 6. The first-order valence-corrected chi connectivity index (χ1v) is 13.0. The van der Waals surface area contributed by atoms with E-state index in [0.29, 0.717) is 30.1 Å². The van der Waals surface area contributed by atoms with Crippen LogP contribution in [0.15, 0.2) is 0 Å². The molecule has 11 atom stereocenters. The summed E-state index contributed by atoms with van der Waals surface area (Å²) in [7, 11) is 0. The van der Waals surface area contributed by atoms with Crippen molar-refractivity contribution in [1.29, 1.82) is 0 Å². The van der Waals surface area contributed by atoms with E-state index in [1.54, 1.807) is 0 Å². The van der Waals surface area contributed by atoms with Gasteiger partial charge in [0.2, 0.25) is 0 Å². The third-order valence-corrected chi connectivity index (χ3v) is 10.5. The van der Waals surface area contributed by atoms with E-state index in [4.69, 9.17) is 10.2 Å². The molecule has 0 radical (unpaired) electrons. The van der Waals surface area contributed by atoms with E-state index in [-0.39, 0.29) is 47.8 Å². The summed E-state index contributed by atoms with van der Waals surface area (Å²) in [6.07, 6.45) is 6.00. The van der Waals surface area contributed by atoms with Crippen LogP contribution in [-0.4, -0.2) is 62.3 Å². The average Bonchev–Trinajstić information content (AvgIpc) is 3.13. The monoisotopic (exact) mass is 483 g/mol. The summed E-state index contributed by atoms with van der Waals surface area (Å²) in [5, 5.41) is 49.6. The Bertz CT molecular complexity index is 747. The maximum Gasteiger partial charge on any atom is 0.317 e. The molecule has 0 bridgehead atoms. The molecule has 8 heteroatoms. The Morgan fingerprint density at radius 3 is 2.21 bits per heavy atom. The van der Waals surface area contributed by atoms with Gasteiger partial charge in [-0.1, -0.05) is 20.8 Å². The molecule has 4 aliphatic rings. The van der Waals surface area contributed by atoms with Crippen LogP contribution in [0.2, 0.25) is 0 Å². The van der Waals surface area contributed by atoms with Gasteiger partial charge in [0, 0.05) is 6.42 Å². The van der Waals surface area contributed by atoms with Crippen LogP contribution in [0.1, 0.15) is 78.6 Å². The highest BCUT2D eigenvalue weighted by atomic mass is 16.4. The van der Waals surface area contributed by atoms with Crippen molar-refractivity contribution in [3.63, 3.8) is 0 Å². The smallest absolute Gasteiger partial charge is 0.317 e. The minimum absolute atomic E-state index is 0.0957. The number of fused-ring (bicyclic) bond motifs is 5. The van der Waals surface area contributed by atoms with Crippen molar-refractivity contribution in [2.24, 2.45) is 52.1 Å². The summed E-state index contributed by atoms with van der Waals surface area (Å²) in [5.74, 6) is 0.0298. The van der Waals surface area contributed by atoms with Gasteiger partial charge in [0.25, 0.3) is 0 Å². The van der Waals surface area contributed by atoms with Crippen LogP contribution in [0, 0.1) is 46.3 Å². The Kier molecular flexibility index (Phi) is 8.38. The maximum absolute atomic E-state index is 11.5. The van der Waals surface area contributed by atoms with Crippen molar-refractivity contribution >= 4 is 11.9 Å². The van der Waals surface area contributed by atoms with Gasteiger partial charge in [-0.05, 0) is 97.7 Å². The van der Waals surface area contributed by atoms with Crippen LogP contribution < -0.4 is 5.73 Å². The lowest BCUT2D eigenvalue weighted by molar-refractivity contribution is -0.207. The molecular weight excluding hydrogens is 438 g/mol. The molecule has 4 rings (SSSR count). The van der Waals surface area contributed by atoms with Crippen LogP contribution >= 0.6 is 0 Å². The molecule has 0 aromatic carbocycles. The normalized spacial score (nSPS) is 46.2. The quantitative estimate of drug-likeness (QED) is 0.347. The van der Waals surface area contributed by atoms with Gasteiger partial charge in [-0.25, -0.2) is 0 Å². The Hall–Kier alpha value is -1.22. The van der Waals surface area contributed by atoms with Crippen molar-refractivity contribution in [3.8, 4) is 0 Å². The largest absolute Gasteiger partial charge is 0.481 e. The highest BCUT2D eigenvalue weighted by Gasteiger charge is 2.65. The number of carboxylic acid groups (broad SMARTS) is 2. The first-order chi connectivity index (χ1) is 15.9. The van der Waals surface area contributed by atoms with Gasteiger partial charge in [0.1, 0.15) is 0 Å². The highest BCUT2D eigenvalue weighted by Crippen LogP contribution is 2.68. The van der Waals surface area contributed by atoms with Crippen molar-refractivity contribution in [1.82, 2.24) is 0 Å². The second-order valence-corrected chi connectivity index (χ2v) is 12.0. The number of aliphatic carboxylic acids is 2. The lowest BCUT2D eigenvalue weighted by Gasteiger charge is -2.63. The molecule has 8 nitrogen and oxygen atoms in total. The van der Waals surface area contributed by atoms with E-state index < -0.39 is 18.0 Å². The summed E-state index contributed by atoms with van der Waals surface area (Å²) in [4.78, 5) is 20.3. The fourth-order valence-corrected chi connectivity index (χ4v) is 8.68. The zero-order valence-electron chi connectivity index (χ0n) is 20.9. The number of carbonyl (C=O) groups is 2. The number of aliphatic hydroxyl groups excluding tert-OH is 3. The molecule has 0 aliphatic heterocycles. The minimum Gasteiger partial charge on any atom is -0.481 e. The van der Waals surface area contributed by atoms with Crippen molar-refractivity contribution in [3.05, 3.63) is 0 Å².